The van der Waals surface area contributed by atoms with Crippen LogP contribution in [0.5, 0.6) is 0 Å². The van der Waals surface area contributed by atoms with Crippen molar-refractivity contribution in [2.75, 3.05) is 29.0 Å². The van der Waals surface area contributed by atoms with E-state index < -0.39 is 10.0 Å². The molecule has 148 valence electrons. The van der Waals surface area contributed by atoms with Crippen molar-refractivity contribution in [2.24, 2.45) is 0 Å². The standard InChI is InChI=1S/C19H27N3O4S/c1-15(23)21-17-9-6-10-18(13-17)22(27(2,25)26)14-19(24)20-12-11-16-7-4-3-5-8-16/h6-7,9-10,13H,3-5,8,11-12,14H2,1-2H3,(H,20,24)(H,21,23). The van der Waals surface area contributed by atoms with Gasteiger partial charge in [-0.05, 0) is 50.3 Å². The van der Waals surface area contributed by atoms with Crippen LogP contribution in [0.2, 0.25) is 0 Å². The number of anilines is 2. The monoisotopic (exact) mass is 393 g/mol. The molecular weight excluding hydrogens is 366 g/mol. The Morgan fingerprint density at radius 1 is 1.22 bits per heavy atom. The number of rotatable bonds is 8. The van der Waals surface area contributed by atoms with Crippen LogP contribution in [0.25, 0.3) is 0 Å². The summed E-state index contributed by atoms with van der Waals surface area (Å²) in [7, 11) is -3.66. The first-order valence-corrected chi connectivity index (χ1v) is 10.9. The van der Waals surface area contributed by atoms with E-state index >= 15 is 0 Å². The second kappa shape index (κ2) is 9.55. The summed E-state index contributed by atoms with van der Waals surface area (Å²) >= 11 is 0. The quantitative estimate of drug-likeness (QED) is 0.663. The molecule has 0 heterocycles. The number of hydrogen-bond donors (Lipinski definition) is 2. The van der Waals surface area contributed by atoms with Gasteiger partial charge < -0.3 is 10.6 Å². The lowest BCUT2D eigenvalue weighted by molar-refractivity contribution is -0.119. The Bertz CT molecular complexity index is 818. The zero-order valence-electron chi connectivity index (χ0n) is 15.8. The molecule has 2 rings (SSSR count). The average molecular weight is 394 g/mol. The van der Waals surface area contributed by atoms with E-state index in [9.17, 15) is 18.0 Å². The minimum Gasteiger partial charge on any atom is -0.354 e. The van der Waals surface area contributed by atoms with Crippen molar-refractivity contribution < 1.29 is 18.0 Å². The normalized spacial score (nSPS) is 14.2. The zero-order chi connectivity index (χ0) is 19.9. The Morgan fingerprint density at radius 3 is 2.63 bits per heavy atom. The maximum absolute atomic E-state index is 12.3. The number of carbonyl (C=O) groups is 2. The van der Waals surface area contributed by atoms with E-state index in [0.717, 1.165) is 29.8 Å². The largest absolute Gasteiger partial charge is 0.354 e. The lowest BCUT2D eigenvalue weighted by atomic mass is 9.97. The van der Waals surface area contributed by atoms with E-state index in [-0.39, 0.29) is 18.4 Å². The predicted octanol–water partition coefficient (Wildman–Crippen LogP) is 2.42. The third-order valence-corrected chi connectivity index (χ3v) is 5.44. The van der Waals surface area contributed by atoms with Crippen LogP contribution in [0.15, 0.2) is 35.9 Å². The maximum atomic E-state index is 12.3. The van der Waals surface area contributed by atoms with Crippen LogP contribution in [0.3, 0.4) is 0 Å². The smallest absolute Gasteiger partial charge is 0.240 e. The van der Waals surface area contributed by atoms with Crippen molar-refractivity contribution in [3.8, 4) is 0 Å². The highest BCUT2D eigenvalue weighted by Crippen LogP contribution is 2.22. The molecule has 1 aliphatic carbocycles. The van der Waals surface area contributed by atoms with Crippen LogP contribution in [0.4, 0.5) is 11.4 Å². The van der Waals surface area contributed by atoms with E-state index in [2.05, 4.69) is 16.7 Å². The first kappa shape index (κ1) is 21.0. The van der Waals surface area contributed by atoms with Crippen molar-refractivity contribution >= 4 is 33.2 Å². The summed E-state index contributed by atoms with van der Waals surface area (Å²) in [5.74, 6) is -0.616. The topological polar surface area (TPSA) is 95.6 Å². The van der Waals surface area contributed by atoms with Gasteiger partial charge in [-0.25, -0.2) is 8.42 Å². The highest BCUT2D eigenvalue weighted by atomic mass is 32.2. The third kappa shape index (κ3) is 7.05. The van der Waals surface area contributed by atoms with Crippen molar-refractivity contribution in [1.29, 1.82) is 0 Å². The maximum Gasteiger partial charge on any atom is 0.240 e. The van der Waals surface area contributed by atoms with Crippen LogP contribution in [-0.2, 0) is 19.6 Å². The minimum atomic E-state index is -3.66. The summed E-state index contributed by atoms with van der Waals surface area (Å²) in [5, 5.41) is 5.40. The van der Waals surface area contributed by atoms with Gasteiger partial charge in [0.05, 0.1) is 11.9 Å². The van der Waals surface area contributed by atoms with Gasteiger partial charge in [-0.15, -0.1) is 0 Å². The first-order valence-electron chi connectivity index (χ1n) is 9.05. The molecule has 0 unspecified atom stereocenters. The number of allylic oxidation sites excluding steroid dienone is 1. The summed E-state index contributed by atoms with van der Waals surface area (Å²) in [6, 6.07) is 6.41. The number of nitrogens with zero attached hydrogens (tertiary/aromatic N) is 1. The van der Waals surface area contributed by atoms with Gasteiger partial charge in [-0.2, -0.15) is 0 Å². The van der Waals surface area contributed by atoms with Crippen LogP contribution in [-0.4, -0.2) is 39.6 Å². The predicted molar refractivity (Wildman–Crippen MR) is 107 cm³/mol. The Balaban J connectivity index is 2.01. The summed E-state index contributed by atoms with van der Waals surface area (Å²) < 4.78 is 25.4. The molecule has 2 N–H and O–H groups in total. The van der Waals surface area contributed by atoms with E-state index in [1.807, 2.05) is 0 Å². The third-order valence-electron chi connectivity index (χ3n) is 4.30. The van der Waals surface area contributed by atoms with E-state index in [1.54, 1.807) is 18.2 Å². The molecule has 0 atom stereocenters. The SMILES string of the molecule is CC(=O)Nc1cccc(N(CC(=O)NCCC2=CCCCC2)S(C)(=O)=O)c1. The van der Waals surface area contributed by atoms with Gasteiger partial charge in [0.2, 0.25) is 21.8 Å². The van der Waals surface area contributed by atoms with E-state index in [4.69, 9.17) is 0 Å². The van der Waals surface area contributed by atoms with Crippen LogP contribution < -0.4 is 14.9 Å². The lowest BCUT2D eigenvalue weighted by Gasteiger charge is -2.22. The summed E-state index contributed by atoms with van der Waals surface area (Å²) in [5.41, 5.74) is 2.15. The number of hydrogen-bond acceptors (Lipinski definition) is 4. The van der Waals surface area contributed by atoms with Gasteiger partial charge in [0, 0.05) is 19.2 Å². The molecule has 1 aliphatic rings. The van der Waals surface area contributed by atoms with Crippen molar-refractivity contribution in [1.82, 2.24) is 5.32 Å². The molecule has 0 saturated carbocycles. The highest BCUT2D eigenvalue weighted by Gasteiger charge is 2.21. The molecule has 0 bridgehead atoms. The second-order valence-electron chi connectivity index (χ2n) is 6.71. The Kier molecular flexibility index (Phi) is 7.41. The molecule has 8 heteroatoms. The number of benzene rings is 1. The van der Waals surface area contributed by atoms with Gasteiger partial charge in [0.1, 0.15) is 6.54 Å². The van der Waals surface area contributed by atoms with Crippen LogP contribution in [0, 0.1) is 0 Å². The Morgan fingerprint density at radius 2 is 2.00 bits per heavy atom. The van der Waals surface area contributed by atoms with Gasteiger partial charge in [0.15, 0.2) is 0 Å². The molecule has 1 aromatic rings. The molecule has 0 spiro atoms. The second-order valence-corrected chi connectivity index (χ2v) is 8.62. The fraction of sp³-hybridized carbons (Fsp3) is 0.474. The summed E-state index contributed by atoms with van der Waals surface area (Å²) in [6.07, 6.45) is 8.65. The fourth-order valence-corrected chi connectivity index (χ4v) is 3.87. The van der Waals surface area contributed by atoms with Crippen molar-refractivity contribution in [3.05, 3.63) is 35.9 Å². The molecular formula is C19H27N3O4S. The number of sulfonamides is 1. The fourth-order valence-electron chi connectivity index (χ4n) is 3.02. The molecule has 2 amide bonds. The van der Waals surface area contributed by atoms with Gasteiger partial charge >= 0.3 is 0 Å². The average Bonchev–Trinajstić information content (AvgIpc) is 2.59. The number of carbonyl (C=O) groups excluding carboxylic acids is 2. The molecule has 1 aromatic carbocycles. The molecule has 0 aromatic heterocycles. The Labute approximate surface area is 160 Å². The van der Waals surface area contributed by atoms with E-state index in [1.165, 1.54) is 31.4 Å². The van der Waals surface area contributed by atoms with Crippen LogP contribution >= 0.6 is 0 Å². The lowest BCUT2D eigenvalue weighted by Crippen LogP contribution is -2.40. The zero-order valence-corrected chi connectivity index (χ0v) is 16.6. The molecule has 0 saturated heterocycles. The summed E-state index contributed by atoms with van der Waals surface area (Å²) in [4.78, 5) is 23.5. The number of amides is 2. The van der Waals surface area contributed by atoms with Gasteiger partial charge in [-0.1, -0.05) is 17.7 Å². The molecule has 7 nitrogen and oxygen atoms in total. The van der Waals surface area contributed by atoms with E-state index in [0.29, 0.717) is 17.9 Å². The highest BCUT2D eigenvalue weighted by molar-refractivity contribution is 7.92. The molecule has 27 heavy (non-hydrogen) atoms. The number of nitrogens with one attached hydrogen (secondary N) is 2. The summed E-state index contributed by atoms with van der Waals surface area (Å²) in [6.45, 7) is 1.56. The minimum absolute atomic E-state index is 0.257. The molecule has 0 aliphatic heterocycles. The van der Waals surface area contributed by atoms with Gasteiger partial charge in [0.25, 0.3) is 0 Å². The molecule has 0 fully saturated rings. The van der Waals surface area contributed by atoms with Gasteiger partial charge in [-0.3, -0.25) is 13.9 Å². The Hall–Kier alpha value is -2.35. The van der Waals surface area contributed by atoms with Crippen molar-refractivity contribution in [2.45, 2.75) is 39.0 Å². The van der Waals surface area contributed by atoms with Crippen LogP contribution in [0.1, 0.15) is 39.0 Å². The van der Waals surface area contributed by atoms with Crippen molar-refractivity contribution in [3.63, 3.8) is 0 Å². The molecule has 0 radical (unpaired) electrons. The first-order chi connectivity index (χ1) is 12.8.